The monoisotopic (exact) mass is 265 g/mol. The van der Waals surface area contributed by atoms with Gasteiger partial charge in [-0.3, -0.25) is 4.79 Å². The molecule has 1 amide bonds. The molecule has 0 aliphatic heterocycles. The van der Waals surface area contributed by atoms with Gasteiger partial charge in [0.05, 0.1) is 12.2 Å². The second kappa shape index (κ2) is 6.68. The van der Waals surface area contributed by atoms with Crippen LogP contribution < -0.4 is 0 Å². The molecule has 1 N–H and O–H groups in total. The summed E-state index contributed by atoms with van der Waals surface area (Å²) in [6, 6.07) is 7.40. The third-order valence-corrected chi connectivity index (χ3v) is 2.79. The van der Waals surface area contributed by atoms with Crippen LogP contribution in [0, 0.1) is 0 Å². The normalized spacial score (nSPS) is 11.4. The van der Waals surface area contributed by atoms with Gasteiger partial charge in [-0.25, -0.2) is 0 Å². The van der Waals surface area contributed by atoms with E-state index >= 15 is 0 Å². The molecule has 0 unspecified atom stereocenters. The lowest BCUT2D eigenvalue weighted by Gasteiger charge is -2.28. The summed E-state index contributed by atoms with van der Waals surface area (Å²) in [5.74, 6) is -0.0720. The van der Waals surface area contributed by atoms with Gasteiger partial charge in [-0.15, -0.1) is 0 Å². The molecule has 0 aromatic heterocycles. The molecular formula is C15H23NO3. The van der Waals surface area contributed by atoms with Crippen LogP contribution in [0.25, 0.3) is 0 Å². The lowest BCUT2D eigenvalue weighted by molar-refractivity contribution is 0.0313. The van der Waals surface area contributed by atoms with Crippen LogP contribution in [0.15, 0.2) is 24.3 Å². The van der Waals surface area contributed by atoms with Crippen LogP contribution in [0.4, 0.5) is 0 Å². The van der Waals surface area contributed by atoms with Crippen molar-refractivity contribution >= 4 is 5.91 Å². The van der Waals surface area contributed by atoms with Crippen molar-refractivity contribution in [3.05, 3.63) is 35.4 Å². The lowest BCUT2D eigenvalue weighted by Crippen LogP contribution is -2.42. The number of carbonyl (C=O) groups is 1. The summed E-state index contributed by atoms with van der Waals surface area (Å²) in [5, 5.41) is 9.87. The molecule has 106 valence electrons. The van der Waals surface area contributed by atoms with Crippen molar-refractivity contribution in [2.45, 2.75) is 33.0 Å². The Balaban J connectivity index is 2.97. The number of methoxy groups -OCH3 is 1. The van der Waals surface area contributed by atoms with Gasteiger partial charge in [0.25, 0.3) is 5.91 Å². The van der Waals surface area contributed by atoms with Gasteiger partial charge in [0.2, 0.25) is 0 Å². The molecule has 1 aromatic rings. The number of carbonyl (C=O) groups excluding carboxylic acids is 1. The molecule has 0 radical (unpaired) electrons. The largest absolute Gasteiger partial charge is 0.389 e. The number of aliphatic hydroxyl groups is 1. The van der Waals surface area contributed by atoms with Crippen LogP contribution in [0.2, 0.25) is 0 Å². The Hall–Kier alpha value is -1.39. The van der Waals surface area contributed by atoms with E-state index in [1.54, 1.807) is 31.9 Å². The van der Waals surface area contributed by atoms with Crippen LogP contribution in [0.3, 0.4) is 0 Å². The molecule has 1 aromatic carbocycles. The van der Waals surface area contributed by atoms with Crippen LogP contribution >= 0.6 is 0 Å². The number of nitrogens with zero attached hydrogens (tertiary/aromatic N) is 1. The van der Waals surface area contributed by atoms with Gasteiger partial charge in [-0.1, -0.05) is 18.2 Å². The Kier molecular flexibility index (Phi) is 5.51. The topological polar surface area (TPSA) is 49.8 Å². The fourth-order valence-corrected chi connectivity index (χ4v) is 1.97. The quantitative estimate of drug-likeness (QED) is 0.856. The third-order valence-electron chi connectivity index (χ3n) is 2.79. The SMILES string of the molecule is CCN(CC(C)(C)O)C(=O)c1ccccc1COC. The fourth-order valence-electron chi connectivity index (χ4n) is 1.97. The molecule has 0 aliphatic rings. The Bertz CT molecular complexity index is 424. The van der Waals surface area contributed by atoms with Gasteiger partial charge in [-0.05, 0) is 32.4 Å². The van der Waals surface area contributed by atoms with E-state index in [0.29, 0.717) is 25.3 Å². The van der Waals surface area contributed by atoms with Crippen molar-refractivity contribution in [2.24, 2.45) is 0 Å². The zero-order valence-electron chi connectivity index (χ0n) is 12.1. The number of ether oxygens (including phenoxy) is 1. The van der Waals surface area contributed by atoms with Crippen molar-refractivity contribution in [3.8, 4) is 0 Å². The van der Waals surface area contributed by atoms with Gasteiger partial charge in [0.15, 0.2) is 0 Å². The molecule has 0 saturated heterocycles. The van der Waals surface area contributed by atoms with Crippen molar-refractivity contribution in [2.75, 3.05) is 20.2 Å². The maximum atomic E-state index is 12.5. The van der Waals surface area contributed by atoms with Gasteiger partial charge in [0, 0.05) is 25.8 Å². The van der Waals surface area contributed by atoms with E-state index in [4.69, 9.17) is 4.74 Å². The first-order chi connectivity index (χ1) is 8.89. The molecule has 0 spiro atoms. The van der Waals surface area contributed by atoms with E-state index in [-0.39, 0.29) is 5.91 Å². The Labute approximate surface area is 115 Å². The summed E-state index contributed by atoms with van der Waals surface area (Å²) in [6.07, 6.45) is 0. The molecule has 0 saturated carbocycles. The predicted octanol–water partition coefficient (Wildman–Crippen LogP) is 2.07. The van der Waals surface area contributed by atoms with E-state index in [0.717, 1.165) is 5.56 Å². The Morgan fingerprint density at radius 3 is 2.53 bits per heavy atom. The summed E-state index contributed by atoms with van der Waals surface area (Å²) < 4.78 is 5.11. The molecule has 0 aliphatic carbocycles. The highest BCUT2D eigenvalue weighted by Crippen LogP contribution is 2.15. The predicted molar refractivity (Wildman–Crippen MR) is 75.0 cm³/mol. The average Bonchev–Trinajstić information content (AvgIpc) is 2.35. The fraction of sp³-hybridized carbons (Fsp3) is 0.533. The minimum Gasteiger partial charge on any atom is -0.389 e. The molecular weight excluding hydrogens is 242 g/mol. The van der Waals surface area contributed by atoms with E-state index in [2.05, 4.69) is 0 Å². The zero-order valence-corrected chi connectivity index (χ0v) is 12.1. The van der Waals surface area contributed by atoms with E-state index < -0.39 is 5.60 Å². The number of likely N-dealkylation sites (N-methyl/N-ethyl adjacent to an activating group) is 1. The van der Waals surface area contributed by atoms with E-state index in [9.17, 15) is 9.90 Å². The van der Waals surface area contributed by atoms with Crippen molar-refractivity contribution < 1.29 is 14.6 Å². The minimum absolute atomic E-state index is 0.0720. The summed E-state index contributed by atoms with van der Waals surface area (Å²) in [4.78, 5) is 14.2. The van der Waals surface area contributed by atoms with Gasteiger partial charge >= 0.3 is 0 Å². The number of benzene rings is 1. The smallest absolute Gasteiger partial charge is 0.254 e. The van der Waals surface area contributed by atoms with Crippen LogP contribution in [-0.4, -0.2) is 41.7 Å². The summed E-state index contributed by atoms with van der Waals surface area (Å²) in [7, 11) is 1.61. The molecule has 19 heavy (non-hydrogen) atoms. The zero-order chi connectivity index (χ0) is 14.5. The van der Waals surface area contributed by atoms with Crippen molar-refractivity contribution in [1.29, 1.82) is 0 Å². The molecule has 4 nitrogen and oxygen atoms in total. The van der Waals surface area contributed by atoms with E-state index in [1.165, 1.54) is 0 Å². The summed E-state index contributed by atoms with van der Waals surface area (Å²) >= 11 is 0. The van der Waals surface area contributed by atoms with Crippen LogP contribution in [0.5, 0.6) is 0 Å². The van der Waals surface area contributed by atoms with Gasteiger partial charge in [-0.2, -0.15) is 0 Å². The number of rotatable bonds is 6. The molecule has 4 heteroatoms. The second-order valence-corrected chi connectivity index (χ2v) is 5.22. The maximum absolute atomic E-state index is 12.5. The number of hydrogen-bond donors (Lipinski definition) is 1. The lowest BCUT2D eigenvalue weighted by atomic mass is 10.0. The first-order valence-corrected chi connectivity index (χ1v) is 6.47. The second-order valence-electron chi connectivity index (χ2n) is 5.22. The first-order valence-electron chi connectivity index (χ1n) is 6.47. The van der Waals surface area contributed by atoms with Crippen molar-refractivity contribution in [1.82, 2.24) is 4.90 Å². The molecule has 0 fully saturated rings. The third kappa shape index (κ3) is 4.65. The standard InChI is InChI=1S/C15H23NO3/c1-5-16(11-15(2,3)18)14(17)13-9-7-6-8-12(13)10-19-4/h6-9,18H,5,10-11H2,1-4H3. The highest BCUT2D eigenvalue weighted by molar-refractivity contribution is 5.95. The maximum Gasteiger partial charge on any atom is 0.254 e. The highest BCUT2D eigenvalue weighted by Gasteiger charge is 2.23. The Morgan fingerprint density at radius 1 is 1.37 bits per heavy atom. The molecule has 0 atom stereocenters. The summed E-state index contributed by atoms with van der Waals surface area (Å²) in [5.41, 5.74) is 0.599. The number of amides is 1. The van der Waals surface area contributed by atoms with Crippen LogP contribution in [-0.2, 0) is 11.3 Å². The molecule has 0 bridgehead atoms. The van der Waals surface area contributed by atoms with Gasteiger partial charge < -0.3 is 14.7 Å². The Morgan fingerprint density at radius 2 is 2.00 bits per heavy atom. The highest BCUT2D eigenvalue weighted by atomic mass is 16.5. The summed E-state index contributed by atoms with van der Waals surface area (Å²) in [6.45, 7) is 6.58. The minimum atomic E-state index is -0.901. The van der Waals surface area contributed by atoms with Crippen molar-refractivity contribution in [3.63, 3.8) is 0 Å². The average molecular weight is 265 g/mol. The molecule has 1 rings (SSSR count). The van der Waals surface area contributed by atoms with Gasteiger partial charge in [0.1, 0.15) is 0 Å². The number of hydrogen-bond acceptors (Lipinski definition) is 3. The van der Waals surface area contributed by atoms with Crippen LogP contribution in [0.1, 0.15) is 36.7 Å². The molecule has 0 heterocycles. The first kappa shape index (κ1) is 15.7. The van der Waals surface area contributed by atoms with E-state index in [1.807, 2.05) is 25.1 Å².